The number of nitrogens with zero attached hydrogens (tertiary/aromatic N) is 1. The fraction of sp³-hybridized carbons (Fsp3) is 0.143. The van der Waals surface area contributed by atoms with Crippen molar-refractivity contribution in [3.63, 3.8) is 0 Å². The Kier molecular flexibility index (Phi) is 3.95. The van der Waals surface area contributed by atoms with E-state index in [9.17, 15) is 13.6 Å². The molecule has 0 aromatic carbocycles. The Morgan fingerprint density at radius 1 is 1.38 bits per heavy atom. The first-order valence-corrected chi connectivity index (χ1v) is 5.31. The molecule has 2 nitrogen and oxygen atoms in total. The minimum atomic E-state index is -2.60. The van der Waals surface area contributed by atoms with E-state index in [0.717, 1.165) is 0 Å². The molecule has 0 aliphatic rings. The second-order valence-electron chi connectivity index (χ2n) is 2.15. The molecule has 0 saturated carbocycles. The quantitative estimate of drug-likeness (QED) is 0.556. The van der Waals surface area contributed by atoms with Gasteiger partial charge in [0, 0.05) is 15.3 Å². The molecule has 0 amide bonds. The molecule has 6 heteroatoms. The highest BCUT2D eigenvalue weighted by Gasteiger charge is 2.17. The standard InChI is InChI=1S/C7H3F2I2NO/c8-7(9)6-5(11)4(10)3(2-13)1-12-6/h1-2,7H. The van der Waals surface area contributed by atoms with Gasteiger partial charge in [-0.2, -0.15) is 0 Å². The van der Waals surface area contributed by atoms with E-state index in [0.29, 0.717) is 19.0 Å². The Bertz CT molecular complexity index is 344. The maximum Gasteiger partial charge on any atom is 0.281 e. The molecule has 0 fully saturated rings. The summed E-state index contributed by atoms with van der Waals surface area (Å²) < 4.78 is 25.4. The Labute approximate surface area is 100 Å². The molecule has 0 saturated heterocycles. The molecule has 0 spiro atoms. The van der Waals surface area contributed by atoms with Crippen LogP contribution in [0.1, 0.15) is 22.5 Å². The summed E-state index contributed by atoms with van der Waals surface area (Å²) in [4.78, 5) is 13.9. The highest BCUT2D eigenvalue weighted by molar-refractivity contribution is 14.1. The minimum absolute atomic E-state index is 0.268. The first kappa shape index (κ1) is 11.2. The monoisotopic (exact) mass is 409 g/mol. The summed E-state index contributed by atoms with van der Waals surface area (Å²) in [5.41, 5.74) is 0.0741. The second-order valence-corrected chi connectivity index (χ2v) is 4.30. The summed E-state index contributed by atoms with van der Waals surface area (Å²) in [5.74, 6) is 0. The molecule has 1 aromatic rings. The number of pyridine rings is 1. The van der Waals surface area contributed by atoms with Crippen molar-refractivity contribution < 1.29 is 13.6 Å². The van der Waals surface area contributed by atoms with Crippen LogP contribution in [0.4, 0.5) is 8.78 Å². The van der Waals surface area contributed by atoms with Crippen molar-refractivity contribution in [2.45, 2.75) is 6.43 Å². The van der Waals surface area contributed by atoms with Gasteiger partial charge in [0.25, 0.3) is 6.43 Å². The average molecular weight is 409 g/mol. The van der Waals surface area contributed by atoms with Gasteiger partial charge in [-0.3, -0.25) is 9.78 Å². The van der Waals surface area contributed by atoms with Crippen molar-refractivity contribution in [3.05, 3.63) is 24.6 Å². The highest BCUT2D eigenvalue weighted by atomic mass is 127. The van der Waals surface area contributed by atoms with E-state index < -0.39 is 6.43 Å². The average Bonchev–Trinajstić information content (AvgIpc) is 2.09. The summed E-state index contributed by atoms with van der Waals surface area (Å²) in [6.07, 6.45) is -0.828. The van der Waals surface area contributed by atoms with E-state index in [-0.39, 0.29) is 5.69 Å². The molecule has 1 rings (SSSR count). The smallest absolute Gasteiger partial charge is 0.281 e. The number of rotatable bonds is 2. The molecule has 0 unspecified atom stereocenters. The lowest BCUT2D eigenvalue weighted by Crippen LogP contribution is -2.00. The molecular weight excluding hydrogens is 406 g/mol. The lowest BCUT2D eigenvalue weighted by atomic mass is 10.3. The van der Waals surface area contributed by atoms with Gasteiger partial charge in [0.2, 0.25) is 0 Å². The van der Waals surface area contributed by atoms with Crippen molar-refractivity contribution in [2.24, 2.45) is 0 Å². The number of carbonyl (C=O) groups is 1. The predicted molar refractivity (Wildman–Crippen MR) is 60.0 cm³/mol. The van der Waals surface area contributed by atoms with Crippen molar-refractivity contribution in [2.75, 3.05) is 0 Å². The lowest BCUT2D eigenvalue weighted by molar-refractivity contribution is 0.112. The van der Waals surface area contributed by atoms with Crippen LogP contribution in [0.2, 0.25) is 0 Å². The topological polar surface area (TPSA) is 30.0 Å². The van der Waals surface area contributed by atoms with E-state index in [2.05, 4.69) is 4.98 Å². The van der Waals surface area contributed by atoms with Crippen LogP contribution in [0.15, 0.2) is 6.20 Å². The van der Waals surface area contributed by atoms with Crippen LogP contribution in [-0.2, 0) is 0 Å². The Balaban J connectivity index is 3.31. The zero-order valence-electron chi connectivity index (χ0n) is 6.10. The van der Waals surface area contributed by atoms with Gasteiger partial charge in [0.1, 0.15) is 5.69 Å². The van der Waals surface area contributed by atoms with Crippen LogP contribution in [0, 0.1) is 7.14 Å². The number of aldehydes is 1. The third-order valence-corrected chi connectivity index (χ3v) is 4.63. The molecule has 70 valence electrons. The Morgan fingerprint density at radius 2 is 2.00 bits per heavy atom. The molecule has 0 aliphatic heterocycles. The first-order valence-electron chi connectivity index (χ1n) is 3.15. The zero-order valence-corrected chi connectivity index (χ0v) is 10.4. The van der Waals surface area contributed by atoms with Crippen LogP contribution in [0.5, 0.6) is 0 Å². The summed E-state index contributed by atoms with van der Waals surface area (Å²) >= 11 is 3.61. The second kappa shape index (κ2) is 4.58. The minimum Gasteiger partial charge on any atom is -0.298 e. The van der Waals surface area contributed by atoms with Crippen molar-refractivity contribution in [3.8, 4) is 0 Å². The van der Waals surface area contributed by atoms with Crippen LogP contribution in [-0.4, -0.2) is 11.3 Å². The van der Waals surface area contributed by atoms with E-state index in [4.69, 9.17) is 0 Å². The number of aromatic nitrogens is 1. The molecule has 0 radical (unpaired) electrons. The Hall–Kier alpha value is 0.140. The zero-order chi connectivity index (χ0) is 10.0. The molecule has 1 aromatic heterocycles. The largest absolute Gasteiger partial charge is 0.298 e. The van der Waals surface area contributed by atoms with Crippen molar-refractivity contribution >= 4 is 51.5 Å². The number of alkyl halides is 2. The van der Waals surface area contributed by atoms with Gasteiger partial charge in [-0.15, -0.1) is 0 Å². The van der Waals surface area contributed by atoms with Gasteiger partial charge in [0.05, 0.1) is 3.57 Å². The van der Waals surface area contributed by atoms with Crippen LogP contribution in [0.25, 0.3) is 0 Å². The van der Waals surface area contributed by atoms with E-state index >= 15 is 0 Å². The molecule has 13 heavy (non-hydrogen) atoms. The summed E-state index contributed by atoms with van der Waals surface area (Å²) in [6, 6.07) is 0. The van der Waals surface area contributed by atoms with Crippen LogP contribution < -0.4 is 0 Å². The maximum atomic E-state index is 12.3. The predicted octanol–water partition coefficient (Wildman–Crippen LogP) is 3.04. The van der Waals surface area contributed by atoms with Gasteiger partial charge >= 0.3 is 0 Å². The highest BCUT2D eigenvalue weighted by Crippen LogP contribution is 2.27. The number of hydrogen-bond acceptors (Lipinski definition) is 2. The fourth-order valence-electron chi connectivity index (χ4n) is 0.726. The molecular formula is C7H3F2I2NO. The van der Waals surface area contributed by atoms with Gasteiger partial charge in [-0.1, -0.05) is 0 Å². The lowest BCUT2D eigenvalue weighted by Gasteiger charge is -2.05. The number of carbonyl (C=O) groups excluding carboxylic acids is 1. The van der Waals surface area contributed by atoms with E-state index in [1.165, 1.54) is 6.20 Å². The van der Waals surface area contributed by atoms with Gasteiger partial charge in [-0.25, -0.2) is 8.78 Å². The van der Waals surface area contributed by atoms with Crippen LogP contribution >= 0.6 is 45.2 Å². The number of hydrogen-bond donors (Lipinski definition) is 0. The third kappa shape index (κ3) is 2.33. The molecule has 1 heterocycles. The normalized spacial score (nSPS) is 10.5. The molecule has 0 atom stereocenters. The number of halogens is 4. The van der Waals surface area contributed by atoms with Crippen molar-refractivity contribution in [1.82, 2.24) is 4.98 Å². The van der Waals surface area contributed by atoms with Gasteiger partial charge in [-0.05, 0) is 45.2 Å². The van der Waals surface area contributed by atoms with Crippen LogP contribution in [0.3, 0.4) is 0 Å². The third-order valence-electron chi connectivity index (χ3n) is 1.35. The maximum absolute atomic E-state index is 12.3. The fourth-order valence-corrected chi connectivity index (χ4v) is 1.95. The summed E-state index contributed by atoms with van der Waals surface area (Å²) in [5, 5.41) is 0. The Morgan fingerprint density at radius 3 is 2.46 bits per heavy atom. The summed E-state index contributed by atoms with van der Waals surface area (Å²) in [7, 11) is 0. The molecule has 0 bridgehead atoms. The van der Waals surface area contributed by atoms with Crippen molar-refractivity contribution in [1.29, 1.82) is 0 Å². The van der Waals surface area contributed by atoms with Gasteiger partial charge < -0.3 is 0 Å². The molecule has 0 aliphatic carbocycles. The summed E-state index contributed by atoms with van der Waals surface area (Å²) in [6.45, 7) is 0. The van der Waals surface area contributed by atoms with E-state index in [1.807, 2.05) is 22.6 Å². The van der Waals surface area contributed by atoms with E-state index in [1.54, 1.807) is 22.6 Å². The van der Waals surface area contributed by atoms with Gasteiger partial charge in [0.15, 0.2) is 6.29 Å². The molecule has 0 N–H and O–H groups in total. The SMILES string of the molecule is O=Cc1cnc(C(F)F)c(I)c1I. The first-order chi connectivity index (χ1) is 6.07.